The van der Waals surface area contributed by atoms with E-state index in [0.29, 0.717) is 24.3 Å². The first-order chi connectivity index (χ1) is 9.15. The molecule has 1 saturated heterocycles. The Morgan fingerprint density at radius 3 is 2.79 bits per heavy atom. The lowest BCUT2D eigenvalue weighted by Crippen LogP contribution is -2.26. The highest BCUT2D eigenvalue weighted by molar-refractivity contribution is 6.22. The maximum absolute atomic E-state index is 11.9. The third-order valence-corrected chi connectivity index (χ3v) is 3.23. The van der Waals surface area contributed by atoms with E-state index in [-0.39, 0.29) is 11.5 Å². The summed E-state index contributed by atoms with van der Waals surface area (Å²) >= 11 is 0. The van der Waals surface area contributed by atoms with Crippen LogP contribution in [0.5, 0.6) is 0 Å². The van der Waals surface area contributed by atoms with Crippen LogP contribution in [0.1, 0.15) is 33.6 Å². The van der Waals surface area contributed by atoms with Crippen LogP contribution in [0.25, 0.3) is 0 Å². The molecule has 2 heterocycles. The normalized spacial score (nSPS) is 21.2. The molecule has 0 radical (unpaired) electrons. The van der Waals surface area contributed by atoms with Crippen LogP contribution in [-0.2, 0) is 9.53 Å². The largest absolute Gasteiger partial charge is 0.368 e. The van der Waals surface area contributed by atoms with Gasteiger partial charge in [-0.1, -0.05) is 0 Å². The number of anilines is 1. The lowest BCUT2D eigenvalue weighted by Gasteiger charge is -2.10. The summed E-state index contributed by atoms with van der Waals surface area (Å²) in [6.07, 6.45) is 1.15. The topological polar surface area (TPSA) is 84.5 Å². The van der Waals surface area contributed by atoms with Gasteiger partial charge in [0, 0.05) is 12.3 Å². The van der Waals surface area contributed by atoms with Crippen molar-refractivity contribution in [3.8, 4) is 0 Å². The van der Waals surface area contributed by atoms with Crippen LogP contribution in [0.15, 0.2) is 18.2 Å². The third kappa shape index (κ3) is 2.10. The average molecular weight is 260 g/mol. The van der Waals surface area contributed by atoms with Gasteiger partial charge < -0.3 is 10.1 Å². The van der Waals surface area contributed by atoms with Crippen LogP contribution in [0.2, 0.25) is 0 Å². The third-order valence-electron chi connectivity index (χ3n) is 3.23. The van der Waals surface area contributed by atoms with Crippen molar-refractivity contribution in [2.75, 3.05) is 11.9 Å². The molecule has 3 rings (SSSR count). The van der Waals surface area contributed by atoms with Gasteiger partial charge in [0.15, 0.2) is 0 Å². The Balaban J connectivity index is 1.79. The molecule has 0 aromatic heterocycles. The number of rotatable bonds is 2. The zero-order valence-corrected chi connectivity index (χ0v) is 10.1. The molecule has 2 N–H and O–H groups in total. The summed E-state index contributed by atoms with van der Waals surface area (Å²) in [6, 6.07) is 4.63. The van der Waals surface area contributed by atoms with Gasteiger partial charge in [-0.2, -0.15) is 0 Å². The smallest absolute Gasteiger partial charge is 0.259 e. The maximum Gasteiger partial charge on any atom is 0.259 e. The summed E-state index contributed by atoms with van der Waals surface area (Å²) in [6.45, 7) is 0.596. The van der Waals surface area contributed by atoms with Gasteiger partial charge in [0.2, 0.25) is 0 Å². The zero-order chi connectivity index (χ0) is 13.4. The van der Waals surface area contributed by atoms with Crippen LogP contribution >= 0.6 is 0 Å². The Kier molecular flexibility index (Phi) is 2.79. The highest BCUT2D eigenvalue weighted by Crippen LogP contribution is 2.21. The molecule has 1 aromatic rings. The second kappa shape index (κ2) is 4.47. The minimum absolute atomic E-state index is 0.220. The predicted octanol–water partition coefficient (Wildman–Crippen LogP) is 0.688. The highest BCUT2D eigenvalue weighted by atomic mass is 16.5. The van der Waals surface area contributed by atoms with Gasteiger partial charge in [0.25, 0.3) is 17.7 Å². The zero-order valence-electron chi connectivity index (χ0n) is 10.1. The van der Waals surface area contributed by atoms with Gasteiger partial charge in [-0.25, -0.2) is 0 Å². The standard InChI is InChI=1S/C13H12N2O4/c16-11-8-4-3-7(6-9(8)12(17)15-11)14-13(18)10-2-1-5-19-10/h3-4,6,10H,1-2,5H2,(H,14,18)(H,15,16,17)/t10-/m1/s1. The molecule has 1 fully saturated rings. The number of hydrogen-bond acceptors (Lipinski definition) is 4. The quantitative estimate of drug-likeness (QED) is 0.766. The average Bonchev–Trinajstić information content (AvgIpc) is 2.99. The summed E-state index contributed by atoms with van der Waals surface area (Å²) in [5, 5.41) is 4.90. The number of nitrogens with one attached hydrogen (secondary N) is 2. The Morgan fingerprint density at radius 2 is 2.05 bits per heavy atom. The second-order valence-corrected chi connectivity index (χ2v) is 4.53. The fourth-order valence-electron chi connectivity index (χ4n) is 2.25. The van der Waals surface area contributed by atoms with Gasteiger partial charge >= 0.3 is 0 Å². The number of carbonyl (C=O) groups is 3. The van der Waals surface area contributed by atoms with Gasteiger partial charge in [0.1, 0.15) is 6.10 Å². The molecule has 3 amide bonds. The molecule has 0 aliphatic carbocycles. The monoisotopic (exact) mass is 260 g/mol. The molecule has 0 saturated carbocycles. The highest BCUT2D eigenvalue weighted by Gasteiger charge is 2.28. The number of ether oxygens (including phenoxy) is 1. The maximum atomic E-state index is 11.9. The van der Waals surface area contributed by atoms with Gasteiger partial charge in [-0.05, 0) is 31.0 Å². The number of benzene rings is 1. The Morgan fingerprint density at radius 1 is 1.26 bits per heavy atom. The number of carbonyl (C=O) groups excluding carboxylic acids is 3. The molecular formula is C13H12N2O4. The molecule has 1 aromatic carbocycles. The molecule has 19 heavy (non-hydrogen) atoms. The molecule has 0 unspecified atom stereocenters. The van der Waals surface area contributed by atoms with Crippen molar-refractivity contribution in [2.45, 2.75) is 18.9 Å². The minimum atomic E-state index is -0.437. The number of imide groups is 1. The molecule has 0 bridgehead atoms. The van der Waals surface area contributed by atoms with Crippen molar-refractivity contribution in [3.05, 3.63) is 29.3 Å². The number of amides is 3. The minimum Gasteiger partial charge on any atom is -0.368 e. The van der Waals surface area contributed by atoms with Crippen molar-refractivity contribution in [3.63, 3.8) is 0 Å². The van der Waals surface area contributed by atoms with Crippen LogP contribution in [0.3, 0.4) is 0 Å². The molecular weight excluding hydrogens is 248 g/mol. The van der Waals surface area contributed by atoms with Crippen LogP contribution < -0.4 is 10.6 Å². The van der Waals surface area contributed by atoms with Gasteiger partial charge in [-0.3, -0.25) is 19.7 Å². The molecule has 0 spiro atoms. The van der Waals surface area contributed by atoms with Crippen molar-refractivity contribution < 1.29 is 19.1 Å². The fourth-order valence-corrected chi connectivity index (χ4v) is 2.25. The van der Waals surface area contributed by atoms with Crippen LogP contribution in [0, 0.1) is 0 Å². The Bertz CT molecular complexity index is 576. The summed E-state index contributed by atoms with van der Waals surface area (Å²) in [5.74, 6) is -1.06. The van der Waals surface area contributed by atoms with E-state index in [0.717, 1.165) is 6.42 Å². The number of hydrogen-bond donors (Lipinski definition) is 2. The van der Waals surface area contributed by atoms with E-state index in [9.17, 15) is 14.4 Å². The van der Waals surface area contributed by atoms with Crippen LogP contribution in [0.4, 0.5) is 5.69 Å². The summed E-state index contributed by atoms with van der Waals surface area (Å²) in [5.41, 5.74) is 1.11. The Labute approximate surface area is 109 Å². The van der Waals surface area contributed by atoms with E-state index in [1.807, 2.05) is 0 Å². The lowest BCUT2D eigenvalue weighted by atomic mass is 10.1. The van der Waals surface area contributed by atoms with Crippen molar-refractivity contribution in [1.82, 2.24) is 5.32 Å². The van der Waals surface area contributed by atoms with E-state index in [1.165, 1.54) is 12.1 Å². The summed E-state index contributed by atoms with van der Waals surface area (Å²) < 4.78 is 5.27. The van der Waals surface area contributed by atoms with Gasteiger partial charge in [0.05, 0.1) is 11.1 Å². The fraction of sp³-hybridized carbons (Fsp3) is 0.308. The SMILES string of the molecule is O=C1NC(=O)c2cc(NC(=O)[C@H]3CCCO3)ccc21. The predicted molar refractivity (Wildman–Crippen MR) is 65.8 cm³/mol. The van der Waals surface area contributed by atoms with E-state index in [1.54, 1.807) is 6.07 Å². The van der Waals surface area contributed by atoms with Gasteiger partial charge in [-0.15, -0.1) is 0 Å². The van der Waals surface area contributed by atoms with Crippen molar-refractivity contribution in [1.29, 1.82) is 0 Å². The lowest BCUT2D eigenvalue weighted by molar-refractivity contribution is -0.124. The molecule has 98 valence electrons. The summed E-state index contributed by atoms with van der Waals surface area (Å²) in [7, 11) is 0. The van der Waals surface area contributed by atoms with E-state index >= 15 is 0 Å². The molecule has 2 aliphatic heterocycles. The molecule has 2 aliphatic rings. The first-order valence-corrected chi connectivity index (χ1v) is 6.07. The number of fused-ring (bicyclic) bond motifs is 1. The van der Waals surface area contributed by atoms with Crippen molar-refractivity contribution >= 4 is 23.4 Å². The van der Waals surface area contributed by atoms with E-state index < -0.39 is 17.9 Å². The first kappa shape index (κ1) is 11.9. The Hall–Kier alpha value is -2.21. The summed E-state index contributed by atoms with van der Waals surface area (Å²) in [4.78, 5) is 34.7. The van der Waals surface area contributed by atoms with E-state index in [2.05, 4.69) is 10.6 Å². The first-order valence-electron chi connectivity index (χ1n) is 6.07. The van der Waals surface area contributed by atoms with Crippen LogP contribution in [-0.4, -0.2) is 30.4 Å². The molecule has 1 atom stereocenters. The molecule has 6 nitrogen and oxygen atoms in total. The van der Waals surface area contributed by atoms with E-state index in [4.69, 9.17) is 4.74 Å². The van der Waals surface area contributed by atoms with Crippen molar-refractivity contribution in [2.24, 2.45) is 0 Å². The molecule has 6 heteroatoms. The second-order valence-electron chi connectivity index (χ2n) is 4.53.